The summed E-state index contributed by atoms with van der Waals surface area (Å²) in [6, 6.07) is 22.1. The molecule has 0 saturated carbocycles. The largest absolute Gasteiger partial charge is 0.288 e. The van der Waals surface area contributed by atoms with Gasteiger partial charge in [0.2, 0.25) is 10.0 Å². The minimum absolute atomic E-state index is 0.171. The lowest BCUT2D eigenvalue weighted by Crippen LogP contribution is -2.30. The van der Waals surface area contributed by atoms with Crippen LogP contribution in [0.4, 0.5) is 4.39 Å². The van der Waals surface area contributed by atoms with Gasteiger partial charge in [0.25, 0.3) is 5.91 Å². The fraction of sp³-hybridized carbons (Fsp3) is 0.167. The quantitative estimate of drug-likeness (QED) is 0.169. The maximum atomic E-state index is 13.4. The first-order valence-electron chi connectivity index (χ1n) is 13.0. The second-order valence-corrected chi connectivity index (χ2v) is 12.8. The standard InChI is InChI=1S/C30H27FN4O3S3/c1-3-33(4-2)41(37,38)26-12-8-9-22(17-26)28-23(20-35(32-28)25-10-6-5-7-11-25)18-27-29(36)34(30(39)40-27)19-21-13-15-24(31)16-14-21/h5-18,20H,3-4,19H2,1-2H3. The van der Waals surface area contributed by atoms with Gasteiger partial charge >= 0.3 is 0 Å². The zero-order valence-corrected chi connectivity index (χ0v) is 24.8. The highest BCUT2D eigenvalue weighted by Crippen LogP contribution is 2.36. The van der Waals surface area contributed by atoms with Crippen molar-refractivity contribution in [3.63, 3.8) is 0 Å². The molecule has 1 aromatic heterocycles. The highest BCUT2D eigenvalue weighted by molar-refractivity contribution is 8.26. The number of aromatic nitrogens is 2. The summed E-state index contributed by atoms with van der Waals surface area (Å²) < 4.78 is 43.4. The Balaban J connectivity index is 1.55. The lowest BCUT2D eigenvalue weighted by molar-refractivity contribution is -0.122. The van der Waals surface area contributed by atoms with Crippen LogP contribution >= 0.6 is 24.0 Å². The Hall–Kier alpha value is -3.64. The molecule has 0 spiro atoms. The average molecular weight is 607 g/mol. The van der Waals surface area contributed by atoms with Crippen molar-refractivity contribution in [2.24, 2.45) is 0 Å². The molecule has 0 aliphatic carbocycles. The minimum Gasteiger partial charge on any atom is -0.288 e. The number of amides is 1. The molecule has 1 aliphatic rings. The van der Waals surface area contributed by atoms with Crippen LogP contribution in [-0.2, 0) is 21.4 Å². The summed E-state index contributed by atoms with van der Waals surface area (Å²) in [5, 5.41) is 4.80. The second-order valence-electron chi connectivity index (χ2n) is 9.22. The monoisotopic (exact) mass is 606 g/mol. The predicted molar refractivity (Wildman–Crippen MR) is 164 cm³/mol. The van der Waals surface area contributed by atoms with Crippen molar-refractivity contribution in [3.05, 3.63) is 107 Å². The van der Waals surface area contributed by atoms with Crippen LogP contribution in [0.3, 0.4) is 0 Å². The summed E-state index contributed by atoms with van der Waals surface area (Å²) >= 11 is 6.69. The number of hydrogen-bond donors (Lipinski definition) is 0. The number of carbonyl (C=O) groups is 1. The third-order valence-corrected chi connectivity index (χ3v) is 10.1. The summed E-state index contributed by atoms with van der Waals surface area (Å²) in [4.78, 5) is 15.5. The van der Waals surface area contributed by atoms with Gasteiger partial charge in [0, 0.05) is 30.4 Å². The molecular weight excluding hydrogens is 580 g/mol. The van der Waals surface area contributed by atoms with E-state index < -0.39 is 10.0 Å². The highest BCUT2D eigenvalue weighted by atomic mass is 32.2. The Bertz CT molecular complexity index is 1730. The van der Waals surface area contributed by atoms with Gasteiger partial charge in [-0.3, -0.25) is 9.69 Å². The molecule has 11 heteroatoms. The number of benzene rings is 3. The van der Waals surface area contributed by atoms with Crippen molar-refractivity contribution in [1.82, 2.24) is 19.0 Å². The van der Waals surface area contributed by atoms with Gasteiger partial charge in [-0.2, -0.15) is 9.40 Å². The van der Waals surface area contributed by atoms with E-state index in [4.69, 9.17) is 17.3 Å². The number of sulfonamides is 1. The van der Waals surface area contributed by atoms with E-state index in [9.17, 15) is 17.6 Å². The lowest BCUT2D eigenvalue weighted by atomic mass is 10.1. The van der Waals surface area contributed by atoms with Crippen LogP contribution in [0.25, 0.3) is 23.0 Å². The molecule has 3 aromatic carbocycles. The fourth-order valence-corrected chi connectivity index (χ4v) is 7.25. The van der Waals surface area contributed by atoms with Crippen molar-refractivity contribution in [1.29, 1.82) is 0 Å². The van der Waals surface area contributed by atoms with Crippen LogP contribution in [-0.4, -0.2) is 50.7 Å². The number of hydrogen-bond acceptors (Lipinski definition) is 6. The van der Waals surface area contributed by atoms with Gasteiger partial charge in [0.1, 0.15) is 15.8 Å². The Morgan fingerprint density at radius 3 is 2.39 bits per heavy atom. The van der Waals surface area contributed by atoms with Crippen LogP contribution < -0.4 is 0 Å². The number of nitrogens with zero attached hydrogens (tertiary/aromatic N) is 4. The molecule has 0 radical (unpaired) electrons. The molecule has 1 saturated heterocycles. The molecule has 41 heavy (non-hydrogen) atoms. The number of rotatable bonds is 9. The lowest BCUT2D eigenvalue weighted by Gasteiger charge is -2.18. The van der Waals surface area contributed by atoms with Crippen molar-refractivity contribution in [3.8, 4) is 16.9 Å². The molecule has 1 fully saturated rings. The Kier molecular flexibility index (Phi) is 8.50. The molecule has 0 atom stereocenters. The second kappa shape index (κ2) is 12.1. The first-order chi connectivity index (χ1) is 19.7. The normalized spacial score (nSPS) is 14.9. The maximum absolute atomic E-state index is 13.4. The van der Waals surface area contributed by atoms with Gasteiger partial charge < -0.3 is 0 Å². The van der Waals surface area contributed by atoms with Crippen LogP contribution in [0.5, 0.6) is 0 Å². The van der Waals surface area contributed by atoms with Crippen molar-refractivity contribution < 1.29 is 17.6 Å². The van der Waals surface area contributed by atoms with Crippen LogP contribution in [0.2, 0.25) is 0 Å². The molecule has 210 valence electrons. The molecule has 0 N–H and O–H groups in total. The Labute approximate surface area is 248 Å². The fourth-order valence-electron chi connectivity index (χ4n) is 4.50. The summed E-state index contributed by atoms with van der Waals surface area (Å²) in [5.74, 6) is -0.614. The van der Waals surface area contributed by atoms with E-state index in [2.05, 4.69) is 0 Å². The number of para-hydroxylation sites is 1. The molecule has 1 amide bonds. The van der Waals surface area contributed by atoms with E-state index in [0.717, 1.165) is 11.3 Å². The van der Waals surface area contributed by atoms with E-state index in [1.54, 1.807) is 61.0 Å². The molecule has 2 heterocycles. The summed E-state index contributed by atoms with van der Waals surface area (Å²) in [7, 11) is -3.69. The Morgan fingerprint density at radius 2 is 1.71 bits per heavy atom. The van der Waals surface area contributed by atoms with E-state index >= 15 is 0 Å². The Morgan fingerprint density at radius 1 is 1.00 bits per heavy atom. The smallest absolute Gasteiger partial charge is 0.266 e. The molecule has 4 aromatic rings. The number of carbonyl (C=O) groups excluding carboxylic acids is 1. The zero-order chi connectivity index (χ0) is 29.1. The van der Waals surface area contributed by atoms with Gasteiger partial charge in [-0.1, -0.05) is 80.3 Å². The average Bonchev–Trinajstić information content (AvgIpc) is 3.51. The van der Waals surface area contributed by atoms with E-state index in [-0.39, 0.29) is 23.2 Å². The van der Waals surface area contributed by atoms with Gasteiger partial charge in [-0.15, -0.1) is 0 Å². The molecule has 0 unspecified atom stereocenters. The van der Waals surface area contributed by atoms with E-state index in [1.165, 1.54) is 33.1 Å². The van der Waals surface area contributed by atoms with E-state index in [0.29, 0.717) is 39.1 Å². The van der Waals surface area contributed by atoms with Crippen molar-refractivity contribution in [2.75, 3.05) is 13.1 Å². The first-order valence-corrected chi connectivity index (χ1v) is 15.6. The number of halogens is 1. The summed E-state index contributed by atoms with van der Waals surface area (Å²) in [6.45, 7) is 4.55. The highest BCUT2D eigenvalue weighted by Gasteiger charge is 2.32. The third-order valence-electron chi connectivity index (χ3n) is 6.63. The third kappa shape index (κ3) is 6.03. The van der Waals surface area contributed by atoms with Gasteiger partial charge in [0.05, 0.1) is 22.0 Å². The van der Waals surface area contributed by atoms with Crippen LogP contribution in [0.15, 0.2) is 94.9 Å². The first kappa shape index (κ1) is 28.9. The molecular formula is C30H27FN4O3S3. The predicted octanol–water partition coefficient (Wildman–Crippen LogP) is 6.11. The van der Waals surface area contributed by atoms with Gasteiger partial charge in [-0.25, -0.2) is 17.5 Å². The summed E-state index contributed by atoms with van der Waals surface area (Å²) in [6.07, 6.45) is 3.54. The molecule has 0 bridgehead atoms. The maximum Gasteiger partial charge on any atom is 0.266 e. The minimum atomic E-state index is -3.69. The molecule has 7 nitrogen and oxygen atoms in total. The molecule has 1 aliphatic heterocycles. The number of thioether (sulfide) groups is 1. The van der Waals surface area contributed by atoms with Crippen molar-refractivity contribution in [2.45, 2.75) is 25.3 Å². The van der Waals surface area contributed by atoms with Crippen molar-refractivity contribution >= 4 is 50.3 Å². The van der Waals surface area contributed by atoms with Gasteiger partial charge in [-0.05, 0) is 48.0 Å². The van der Waals surface area contributed by atoms with Crippen LogP contribution in [0.1, 0.15) is 25.0 Å². The molecule has 5 rings (SSSR count). The zero-order valence-electron chi connectivity index (χ0n) is 22.4. The number of thiocarbonyl (C=S) groups is 1. The van der Waals surface area contributed by atoms with Gasteiger partial charge in [0.15, 0.2) is 0 Å². The van der Waals surface area contributed by atoms with E-state index in [1.807, 2.05) is 36.5 Å². The summed E-state index contributed by atoms with van der Waals surface area (Å²) in [5.41, 5.74) is 3.32. The topological polar surface area (TPSA) is 75.5 Å². The SMILES string of the molecule is CCN(CC)S(=O)(=O)c1cccc(-c2nn(-c3ccccc3)cc2C=C2SC(=S)N(Cc3ccc(F)cc3)C2=O)c1. The van der Waals surface area contributed by atoms with Crippen LogP contribution in [0, 0.1) is 5.82 Å².